The molecule has 0 radical (unpaired) electrons. The summed E-state index contributed by atoms with van der Waals surface area (Å²) in [5, 5.41) is 8.81. The van der Waals surface area contributed by atoms with Crippen LogP contribution in [-0.2, 0) is 18.9 Å². The molecule has 0 heterocycles. The third-order valence-electron chi connectivity index (χ3n) is 7.75. The van der Waals surface area contributed by atoms with Crippen LogP contribution in [0.1, 0.15) is 41.4 Å². The Hall–Kier alpha value is -9.20. The summed E-state index contributed by atoms with van der Waals surface area (Å²) in [6.45, 7) is 0. The first-order valence-electron chi connectivity index (χ1n) is 17.1. The fourth-order valence-electron chi connectivity index (χ4n) is 5.04. The number of urea groups is 4. The molecule has 6 rings (SSSR count). The van der Waals surface area contributed by atoms with Crippen molar-refractivity contribution in [3.63, 3.8) is 0 Å². The summed E-state index contributed by atoms with van der Waals surface area (Å²) in [6, 6.07) is 25.0. The average Bonchev–Trinajstić information content (AvgIpc) is 3.18. The molecule has 4 aromatic rings. The lowest BCUT2D eigenvalue weighted by Gasteiger charge is -2.17. The van der Waals surface area contributed by atoms with E-state index in [2.05, 4.69) is 45.5 Å². The SMILES string of the molecule is NC(=O)Nc1ccccc1C(=O)OC(OC(=O)c1ccccc1NC(N)=O)=C(OC(=O)c1ccccc1NC(N)=O)OC(=O)c1ccccc1NC(N)=O.c1cc2ccc1-2. The first-order valence-corrected chi connectivity index (χ1v) is 17.1. The van der Waals surface area contributed by atoms with Gasteiger partial charge in [0.2, 0.25) is 0 Å². The zero-order chi connectivity index (χ0) is 43.3. The maximum atomic E-state index is 13.6. The number of esters is 4. The molecule has 0 aliphatic heterocycles. The number of amides is 8. The van der Waals surface area contributed by atoms with Crippen molar-refractivity contribution < 1.29 is 57.3 Å². The summed E-state index contributed by atoms with van der Waals surface area (Å²) < 4.78 is 21.4. The molecule has 20 nitrogen and oxygen atoms in total. The van der Waals surface area contributed by atoms with Crippen molar-refractivity contribution in [2.24, 2.45) is 22.9 Å². The number of carbonyl (C=O) groups excluding carboxylic acids is 8. The molecule has 2 aliphatic rings. The molecule has 12 N–H and O–H groups in total. The molecule has 0 saturated heterocycles. The fourth-order valence-corrected chi connectivity index (χ4v) is 5.04. The Morgan fingerprint density at radius 1 is 0.317 bits per heavy atom. The second kappa shape index (κ2) is 19.1. The highest BCUT2D eigenvalue weighted by Gasteiger charge is 2.31. The molecule has 8 amide bonds. The van der Waals surface area contributed by atoms with Crippen LogP contribution in [0.3, 0.4) is 0 Å². The lowest BCUT2D eigenvalue weighted by Crippen LogP contribution is -2.24. The number of nitrogens with two attached hydrogens (primary N) is 4. The van der Waals surface area contributed by atoms with Crippen molar-refractivity contribution in [3.8, 4) is 11.1 Å². The Morgan fingerprint density at radius 2 is 0.517 bits per heavy atom. The maximum absolute atomic E-state index is 13.6. The monoisotopic (exact) mass is 816 g/mol. The number of hydrogen-bond donors (Lipinski definition) is 8. The number of primary amides is 4. The molecule has 4 aromatic carbocycles. The van der Waals surface area contributed by atoms with E-state index in [9.17, 15) is 38.4 Å². The first kappa shape index (κ1) is 42.0. The minimum Gasteiger partial charge on any atom is -0.383 e. The quantitative estimate of drug-likeness (QED) is 0.0586. The molecule has 0 fully saturated rings. The van der Waals surface area contributed by atoms with E-state index in [0.717, 1.165) is 24.3 Å². The van der Waals surface area contributed by atoms with Gasteiger partial charge in [-0.15, -0.1) is 0 Å². The van der Waals surface area contributed by atoms with Crippen molar-refractivity contribution in [3.05, 3.63) is 155 Å². The van der Waals surface area contributed by atoms with Gasteiger partial charge in [-0.1, -0.05) is 72.8 Å². The van der Waals surface area contributed by atoms with E-state index in [1.807, 2.05) is 0 Å². The Balaban J connectivity index is 0.00000103. The van der Waals surface area contributed by atoms with Crippen molar-refractivity contribution >= 4 is 70.8 Å². The Kier molecular flexibility index (Phi) is 13.4. The van der Waals surface area contributed by atoms with Crippen LogP contribution in [0.5, 0.6) is 0 Å². The largest absolute Gasteiger partial charge is 0.383 e. The zero-order valence-electron chi connectivity index (χ0n) is 30.8. The molecule has 0 atom stereocenters. The van der Waals surface area contributed by atoms with E-state index in [1.165, 1.54) is 83.9 Å². The molecule has 0 spiro atoms. The van der Waals surface area contributed by atoms with Crippen molar-refractivity contribution in [2.75, 3.05) is 21.3 Å². The van der Waals surface area contributed by atoms with E-state index in [0.29, 0.717) is 0 Å². The number of rotatable bonds is 12. The molecular formula is C40H32N8O12. The van der Waals surface area contributed by atoms with Gasteiger partial charge in [-0.25, -0.2) is 38.4 Å². The van der Waals surface area contributed by atoms with Crippen LogP contribution in [0, 0.1) is 0 Å². The van der Waals surface area contributed by atoms with Gasteiger partial charge in [-0.05, 0) is 59.7 Å². The minimum absolute atomic E-state index is 0.190. The van der Waals surface area contributed by atoms with E-state index in [4.69, 9.17) is 41.9 Å². The van der Waals surface area contributed by atoms with Crippen LogP contribution in [0.2, 0.25) is 0 Å². The highest BCUT2D eigenvalue weighted by atomic mass is 16.8. The van der Waals surface area contributed by atoms with Gasteiger partial charge in [0, 0.05) is 0 Å². The van der Waals surface area contributed by atoms with Gasteiger partial charge in [-0.3, -0.25) is 0 Å². The summed E-state index contributed by atoms with van der Waals surface area (Å²) in [4.78, 5) is 101. The Morgan fingerprint density at radius 3 is 0.683 bits per heavy atom. The summed E-state index contributed by atoms with van der Waals surface area (Å²) >= 11 is 0. The van der Waals surface area contributed by atoms with Gasteiger partial charge in [0.05, 0.1) is 45.0 Å². The number of ether oxygens (including phenoxy) is 4. The minimum atomic E-state index is -1.40. The summed E-state index contributed by atoms with van der Waals surface area (Å²) in [7, 11) is 0. The van der Waals surface area contributed by atoms with Gasteiger partial charge in [0.15, 0.2) is 0 Å². The highest BCUT2D eigenvalue weighted by Crippen LogP contribution is 2.30. The topological polar surface area (TPSA) is 326 Å². The second-order valence-corrected chi connectivity index (χ2v) is 11.8. The smallest absolute Gasteiger partial charge is 0.381 e. The zero-order valence-corrected chi connectivity index (χ0v) is 30.8. The third kappa shape index (κ3) is 11.0. The Bertz CT molecular complexity index is 2230. The molecule has 0 unspecified atom stereocenters. The van der Waals surface area contributed by atoms with Crippen LogP contribution in [-0.4, -0.2) is 48.0 Å². The molecular weight excluding hydrogens is 784 g/mol. The molecule has 304 valence electrons. The summed E-state index contributed by atoms with van der Waals surface area (Å²) in [5.41, 5.74) is 21.4. The number of carbonyl (C=O) groups is 8. The van der Waals surface area contributed by atoms with Crippen LogP contribution in [0.4, 0.5) is 41.9 Å². The van der Waals surface area contributed by atoms with E-state index >= 15 is 0 Å². The number of para-hydroxylation sites is 4. The molecule has 0 saturated carbocycles. The lowest BCUT2D eigenvalue weighted by atomic mass is 9.95. The van der Waals surface area contributed by atoms with Gasteiger partial charge in [0.25, 0.3) is 0 Å². The number of fused-ring (bicyclic) bond motifs is 1. The highest BCUT2D eigenvalue weighted by molar-refractivity contribution is 6.04. The van der Waals surface area contributed by atoms with Gasteiger partial charge >= 0.3 is 59.9 Å². The average molecular weight is 817 g/mol. The van der Waals surface area contributed by atoms with Crippen LogP contribution >= 0.6 is 0 Å². The number of hydrogen-bond acceptors (Lipinski definition) is 12. The van der Waals surface area contributed by atoms with Crippen LogP contribution in [0.25, 0.3) is 11.1 Å². The number of benzene rings is 5. The standard InChI is InChI=1S/C34H28N8O12.C6H4/c35-31(47)39-21-13-5-1-9-17(21)25(43)51-29(52-26(44)18-10-2-6-14-22(18)40-32(36)48)30(53-27(45)19-11-3-7-15-23(19)41-33(37)49)54-28(46)20-12-4-8-16-24(20)42-34(38)50;1-2-6-4-3-5(1)6/h1-16H,(H3,35,39,47)(H3,36,40,48)(H3,37,41,49)(H3,38,42,50);1-4H. The van der Waals surface area contributed by atoms with Crippen molar-refractivity contribution in [1.29, 1.82) is 0 Å². The summed E-state index contributed by atoms with van der Waals surface area (Å²) in [5.74, 6) is -8.39. The number of nitrogens with one attached hydrogen (secondary N) is 4. The molecule has 2 aliphatic carbocycles. The second-order valence-electron chi connectivity index (χ2n) is 11.8. The Labute approximate surface area is 338 Å². The molecule has 0 bridgehead atoms. The maximum Gasteiger partial charge on any atom is 0.381 e. The van der Waals surface area contributed by atoms with Crippen molar-refractivity contribution in [1.82, 2.24) is 0 Å². The third-order valence-corrected chi connectivity index (χ3v) is 7.75. The van der Waals surface area contributed by atoms with Gasteiger partial charge < -0.3 is 63.1 Å². The van der Waals surface area contributed by atoms with Gasteiger partial charge in [-0.2, -0.15) is 0 Å². The lowest BCUT2D eigenvalue weighted by molar-refractivity contribution is -0.0131. The van der Waals surface area contributed by atoms with Crippen LogP contribution in [0.15, 0.2) is 133 Å². The van der Waals surface area contributed by atoms with Crippen molar-refractivity contribution in [2.45, 2.75) is 0 Å². The normalized spacial score (nSPS) is 10.1. The van der Waals surface area contributed by atoms with E-state index in [1.54, 1.807) is 0 Å². The predicted molar refractivity (Wildman–Crippen MR) is 213 cm³/mol. The summed E-state index contributed by atoms with van der Waals surface area (Å²) in [6.07, 6.45) is 0. The fraction of sp³-hybridized carbons (Fsp3) is 0. The van der Waals surface area contributed by atoms with E-state index in [-0.39, 0.29) is 22.7 Å². The molecule has 0 aromatic heterocycles. The predicted octanol–water partition coefficient (Wildman–Crippen LogP) is 5.17. The van der Waals surface area contributed by atoms with Gasteiger partial charge in [0.1, 0.15) is 0 Å². The van der Waals surface area contributed by atoms with Crippen LogP contribution < -0.4 is 44.2 Å². The number of anilines is 4. The molecule has 60 heavy (non-hydrogen) atoms. The first-order chi connectivity index (χ1) is 28.7. The molecule has 20 heteroatoms. The van der Waals surface area contributed by atoms with E-state index < -0.39 is 82.1 Å².